The first-order chi connectivity index (χ1) is 15.6. The minimum Gasteiger partial charge on any atom is -0.308 e. The van der Waals surface area contributed by atoms with Crippen molar-refractivity contribution in [1.29, 1.82) is 5.26 Å². The number of allylic oxidation sites excluding steroid dienone is 1. The summed E-state index contributed by atoms with van der Waals surface area (Å²) in [5, 5.41) is 9.79. The molecule has 2 heterocycles. The SMILES string of the molecule is CCCc1nc2c(C)cc(C)nc2n1Cc1ccc2c(c1)Cc1ccccc1C=C2C#N. The first-order valence-corrected chi connectivity index (χ1v) is 11.2. The molecule has 4 aromatic rings. The lowest BCUT2D eigenvalue weighted by Gasteiger charge is -2.13. The van der Waals surface area contributed by atoms with Crippen LogP contribution >= 0.6 is 0 Å². The van der Waals surface area contributed by atoms with Gasteiger partial charge in [-0.05, 0) is 72.2 Å². The van der Waals surface area contributed by atoms with Crippen molar-refractivity contribution in [1.82, 2.24) is 14.5 Å². The summed E-state index contributed by atoms with van der Waals surface area (Å²) < 4.78 is 2.27. The molecule has 1 aliphatic rings. The molecule has 0 saturated heterocycles. The van der Waals surface area contributed by atoms with Gasteiger partial charge in [0.05, 0.1) is 18.2 Å². The van der Waals surface area contributed by atoms with Crippen LogP contribution < -0.4 is 0 Å². The number of hydrogen-bond acceptors (Lipinski definition) is 3. The van der Waals surface area contributed by atoms with E-state index >= 15 is 0 Å². The lowest BCUT2D eigenvalue weighted by atomic mass is 9.96. The van der Waals surface area contributed by atoms with Crippen LogP contribution in [0.2, 0.25) is 0 Å². The van der Waals surface area contributed by atoms with Gasteiger partial charge in [0.2, 0.25) is 0 Å². The standard InChI is InChI=1S/C28H26N4/c1-4-7-26-31-27-18(2)12-19(3)30-28(27)32(26)17-20-10-11-25-23(13-20)14-21-8-5-6-9-22(21)15-24(25)16-29/h5-6,8-13,15H,4,7,14,17H2,1-3H3. The average Bonchev–Trinajstić information content (AvgIpc) is 3.02. The molecule has 2 aromatic carbocycles. The van der Waals surface area contributed by atoms with Gasteiger partial charge in [-0.3, -0.25) is 0 Å². The fourth-order valence-electron chi connectivity index (χ4n) is 4.73. The van der Waals surface area contributed by atoms with Crippen LogP contribution in [0.4, 0.5) is 0 Å². The zero-order valence-electron chi connectivity index (χ0n) is 18.8. The molecule has 0 atom stereocenters. The third kappa shape index (κ3) is 3.50. The predicted molar refractivity (Wildman–Crippen MR) is 129 cm³/mol. The van der Waals surface area contributed by atoms with Crippen molar-refractivity contribution in [2.45, 2.75) is 46.6 Å². The molecule has 5 rings (SSSR count). The Hall–Kier alpha value is -3.71. The summed E-state index contributed by atoms with van der Waals surface area (Å²) in [4.78, 5) is 9.79. The second kappa shape index (κ2) is 8.09. The van der Waals surface area contributed by atoms with Gasteiger partial charge in [-0.25, -0.2) is 9.97 Å². The van der Waals surface area contributed by atoms with Crippen molar-refractivity contribution >= 4 is 22.8 Å². The van der Waals surface area contributed by atoms with Crippen molar-refractivity contribution in [3.05, 3.63) is 93.4 Å². The Morgan fingerprint density at radius 1 is 1.03 bits per heavy atom. The van der Waals surface area contributed by atoms with Gasteiger partial charge in [-0.15, -0.1) is 0 Å². The van der Waals surface area contributed by atoms with Crippen LogP contribution in [0.5, 0.6) is 0 Å². The van der Waals surface area contributed by atoms with E-state index < -0.39 is 0 Å². The van der Waals surface area contributed by atoms with Crippen LogP contribution in [0.25, 0.3) is 22.8 Å². The molecule has 0 aliphatic heterocycles. The van der Waals surface area contributed by atoms with Crippen LogP contribution in [-0.4, -0.2) is 14.5 Å². The molecule has 0 amide bonds. The van der Waals surface area contributed by atoms with Crippen LogP contribution in [0.15, 0.2) is 48.5 Å². The van der Waals surface area contributed by atoms with Crippen LogP contribution in [0.3, 0.4) is 0 Å². The molecule has 4 nitrogen and oxygen atoms in total. The normalized spacial score (nSPS) is 12.6. The minimum atomic E-state index is 0.724. The Labute approximate surface area is 188 Å². The third-order valence-corrected chi connectivity index (χ3v) is 6.23. The number of benzene rings is 2. The van der Waals surface area contributed by atoms with Gasteiger partial charge >= 0.3 is 0 Å². The maximum atomic E-state index is 9.79. The molecule has 1 aliphatic carbocycles. The van der Waals surface area contributed by atoms with Crippen LogP contribution in [0.1, 0.15) is 58.2 Å². The fraction of sp³-hybridized carbons (Fsp3) is 0.250. The number of imidazole rings is 1. The molecule has 0 spiro atoms. The van der Waals surface area contributed by atoms with E-state index in [0.29, 0.717) is 0 Å². The number of aryl methyl sites for hydroxylation is 3. The molecule has 0 saturated carbocycles. The van der Waals surface area contributed by atoms with Gasteiger partial charge < -0.3 is 4.57 Å². The van der Waals surface area contributed by atoms with E-state index in [-0.39, 0.29) is 0 Å². The second-order valence-corrected chi connectivity index (χ2v) is 8.65. The highest BCUT2D eigenvalue weighted by Crippen LogP contribution is 2.31. The summed E-state index contributed by atoms with van der Waals surface area (Å²) in [6.45, 7) is 7.06. The average molecular weight is 419 g/mol. The number of fused-ring (bicyclic) bond motifs is 3. The summed E-state index contributed by atoms with van der Waals surface area (Å²) >= 11 is 0. The first kappa shape index (κ1) is 20.2. The van der Waals surface area contributed by atoms with E-state index in [4.69, 9.17) is 9.97 Å². The quantitative estimate of drug-likeness (QED) is 0.407. The molecule has 0 bridgehead atoms. The maximum absolute atomic E-state index is 9.79. The maximum Gasteiger partial charge on any atom is 0.160 e. The smallest absolute Gasteiger partial charge is 0.160 e. The van der Waals surface area contributed by atoms with Gasteiger partial charge in [0, 0.05) is 12.1 Å². The van der Waals surface area contributed by atoms with E-state index in [2.05, 4.69) is 66.9 Å². The Kier molecular flexibility index (Phi) is 5.11. The van der Waals surface area contributed by atoms with Gasteiger partial charge in [0.15, 0.2) is 5.65 Å². The fourth-order valence-corrected chi connectivity index (χ4v) is 4.73. The Morgan fingerprint density at radius 2 is 1.88 bits per heavy atom. The lowest BCUT2D eigenvalue weighted by Crippen LogP contribution is -2.07. The Morgan fingerprint density at radius 3 is 2.69 bits per heavy atom. The molecule has 32 heavy (non-hydrogen) atoms. The molecule has 0 N–H and O–H groups in total. The number of rotatable bonds is 4. The number of nitrogens with zero attached hydrogens (tertiary/aromatic N) is 4. The number of hydrogen-bond donors (Lipinski definition) is 0. The van der Waals surface area contributed by atoms with Gasteiger partial charge in [0.1, 0.15) is 11.3 Å². The largest absolute Gasteiger partial charge is 0.308 e. The van der Waals surface area contributed by atoms with Crippen molar-refractivity contribution < 1.29 is 0 Å². The van der Waals surface area contributed by atoms with Crippen molar-refractivity contribution in [2.75, 3.05) is 0 Å². The first-order valence-electron chi connectivity index (χ1n) is 11.2. The third-order valence-electron chi connectivity index (χ3n) is 6.23. The Balaban J connectivity index is 1.60. The molecule has 0 fully saturated rings. The highest BCUT2D eigenvalue weighted by Gasteiger charge is 2.18. The number of aromatic nitrogens is 3. The van der Waals surface area contributed by atoms with E-state index in [1.165, 1.54) is 22.3 Å². The summed E-state index contributed by atoms with van der Waals surface area (Å²) in [5.41, 5.74) is 10.7. The molecule has 2 aromatic heterocycles. The zero-order valence-corrected chi connectivity index (χ0v) is 18.8. The van der Waals surface area contributed by atoms with Crippen molar-refractivity contribution in [2.24, 2.45) is 0 Å². The Bertz CT molecular complexity index is 1420. The zero-order chi connectivity index (χ0) is 22.2. The van der Waals surface area contributed by atoms with Gasteiger partial charge in [-0.2, -0.15) is 5.26 Å². The summed E-state index contributed by atoms with van der Waals surface area (Å²) in [5.74, 6) is 1.08. The van der Waals surface area contributed by atoms with Crippen LogP contribution in [0, 0.1) is 25.2 Å². The highest BCUT2D eigenvalue weighted by atomic mass is 15.1. The lowest BCUT2D eigenvalue weighted by molar-refractivity contribution is 0.715. The topological polar surface area (TPSA) is 54.5 Å². The van der Waals surface area contributed by atoms with E-state index in [9.17, 15) is 5.26 Å². The summed E-state index contributed by atoms with van der Waals surface area (Å²) in [6.07, 6.45) is 4.80. The summed E-state index contributed by atoms with van der Waals surface area (Å²) in [7, 11) is 0. The van der Waals surface area contributed by atoms with E-state index in [1.54, 1.807) is 0 Å². The van der Waals surface area contributed by atoms with Crippen molar-refractivity contribution in [3.63, 3.8) is 0 Å². The molecule has 158 valence electrons. The van der Waals surface area contributed by atoms with Crippen LogP contribution in [-0.2, 0) is 19.4 Å². The molecular formula is C28H26N4. The minimum absolute atomic E-state index is 0.724. The summed E-state index contributed by atoms with van der Waals surface area (Å²) in [6, 6.07) is 19.4. The van der Waals surface area contributed by atoms with Gasteiger partial charge in [-0.1, -0.05) is 49.4 Å². The highest BCUT2D eigenvalue weighted by molar-refractivity contribution is 5.92. The molecule has 0 radical (unpaired) electrons. The van der Waals surface area contributed by atoms with E-state index in [0.717, 1.165) is 65.2 Å². The molecule has 0 unspecified atom stereocenters. The predicted octanol–water partition coefficient (Wildman–Crippen LogP) is 6.02. The number of pyridine rings is 1. The molecule has 4 heteroatoms. The second-order valence-electron chi connectivity index (χ2n) is 8.65. The molecular weight excluding hydrogens is 392 g/mol. The van der Waals surface area contributed by atoms with E-state index in [1.807, 2.05) is 19.1 Å². The van der Waals surface area contributed by atoms with Gasteiger partial charge in [0.25, 0.3) is 0 Å². The van der Waals surface area contributed by atoms with Crippen molar-refractivity contribution in [3.8, 4) is 6.07 Å². The number of nitriles is 1. The monoisotopic (exact) mass is 418 g/mol.